The van der Waals surface area contributed by atoms with Crippen LogP contribution in [0, 0.1) is 5.82 Å². The monoisotopic (exact) mass is 258 g/mol. The predicted molar refractivity (Wildman–Crippen MR) is 62.1 cm³/mol. The van der Waals surface area contributed by atoms with Gasteiger partial charge in [0, 0.05) is 13.1 Å². The zero-order chi connectivity index (χ0) is 12.3. The highest BCUT2D eigenvalue weighted by Crippen LogP contribution is 2.15. The Morgan fingerprint density at radius 1 is 1.12 bits per heavy atom. The van der Waals surface area contributed by atoms with E-state index in [1.165, 1.54) is 18.2 Å². The Balaban J connectivity index is 2.16. The van der Waals surface area contributed by atoms with Gasteiger partial charge >= 0.3 is 0 Å². The average molecular weight is 258 g/mol. The third kappa shape index (κ3) is 3.02. The number of nitrogens with zero attached hydrogens (tertiary/aromatic N) is 1. The average Bonchev–Trinajstić information content (AvgIpc) is 2.30. The summed E-state index contributed by atoms with van der Waals surface area (Å²) in [4.78, 5) is 2.12. The number of benzene rings is 1. The molecule has 0 atom stereocenters. The first kappa shape index (κ1) is 12.5. The fraction of sp³-hybridized carbons (Fsp3) is 0.455. The van der Waals surface area contributed by atoms with E-state index in [-0.39, 0.29) is 4.90 Å². The number of halogens is 1. The molecule has 0 unspecified atom stereocenters. The molecule has 4 nitrogen and oxygen atoms in total. The minimum atomic E-state index is -3.79. The highest BCUT2D eigenvalue weighted by molar-refractivity contribution is 7.89. The Bertz CT molecular complexity index is 484. The second-order valence-corrected chi connectivity index (χ2v) is 5.70. The second kappa shape index (κ2) is 5.12. The van der Waals surface area contributed by atoms with E-state index in [9.17, 15) is 12.8 Å². The zero-order valence-corrected chi connectivity index (χ0v) is 10.2. The van der Waals surface area contributed by atoms with Gasteiger partial charge in [0.2, 0.25) is 0 Å². The molecule has 1 aliphatic heterocycles. The van der Waals surface area contributed by atoms with Crippen molar-refractivity contribution in [2.75, 3.05) is 13.1 Å². The van der Waals surface area contributed by atoms with Gasteiger partial charge in [0.1, 0.15) is 10.7 Å². The predicted octanol–water partition coefficient (Wildman–Crippen LogP) is 1.50. The molecule has 94 valence electrons. The van der Waals surface area contributed by atoms with Crippen LogP contribution in [0.5, 0.6) is 0 Å². The first-order valence-corrected chi connectivity index (χ1v) is 7.10. The summed E-state index contributed by atoms with van der Waals surface area (Å²) in [6.45, 7) is 1.35. The van der Waals surface area contributed by atoms with Crippen LogP contribution in [-0.4, -0.2) is 26.5 Å². The summed E-state index contributed by atoms with van der Waals surface area (Å²) >= 11 is 0. The van der Waals surface area contributed by atoms with Gasteiger partial charge in [-0.1, -0.05) is 18.6 Å². The molecule has 0 radical (unpaired) electrons. The van der Waals surface area contributed by atoms with Crippen LogP contribution in [0.25, 0.3) is 0 Å². The smallest absolute Gasteiger partial charge is 0.230 e. The van der Waals surface area contributed by atoms with Crippen LogP contribution >= 0.6 is 0 Å². The molecule has 0 spiro atoms. The molecule has 0 saturated carbocycles. The highest BCUT2D eigenvalue weighted by Gasteiger charge is 2.22. The SMILES string of the molecule is O=S(=O)(NN1CCCCC1)c1ccccc1F. The van der Waals surface area contributed by atoms with Gasteiger partial charge in [-0.3, -0.25) is 0 Å². The molecular weight excluding hydrogens is 243 g/mol. The molecule has 1 aromatic carbocycles. The maximum Gasteiger partial charge on any atom is 0.256 e. The van der Waals surface area contributed by atoms with Crippen LogP contribution in [0.1, 0.15) is 19.3 Å². The summed E-state index contributed by atoms with van der Waals surface area (Å²) in [6, 6.07) is 5.38. The van der Waals surface area contributed by atoms with Gasteiger partial charge in [-0.2, -0.15) is 0 Å². The highest BCUT2D eigenvalue weighted by atomic mass is 32.2. The third-order valence-corrected chi connectivity index (χ3v) is 4.14. The standard InChI is InChI=1S/C11H15FN2O2S/c12-10-6-2-3-7-11(10)17(15,16)13-14-8-4-1-5-9-14/h2-3,6-7,13H,1,4-5,8-9H2. The Morgan fingerprint density at radius 3 is 2.41 bits per heavy atom. The van der Waals surface area contributed by atoms with E-state index in [1.54, 1.807) is 5.01 Å². The quantitative estimate of drug-likeness (QED) is 0.894. The molecule has 1 aromatic rings. The number of piperidine rings is 1. The van der Waals surface area contributed by atoms with Crippen LogP contribution in [0.15, 0.2) is 29.2 Å². The lowest BCUT2D eigenvalue weighted by molar-refractivity contribution is 0.199. The fourth-order valence-electron chi connectivity index (χ4n) is 1.87. The van der Waals surface area contributed by atoms with Gasteiger partial charge < -0.3 is 0 Å². The van der Waals surface area contributed by atoms with E-state index in [0.717, 1.165) is 25.3 Å². The van der Waals surface area contributed by atoms with Crippen molar-refractivity contribution in [3.05, 3.63) is 30.1 Å². The van der Waals surface area contributed by atoms with E-state index in [4.69, 9.17) is 0 Å². The van der Waals surface area contributed by atoms with Crippen LogP contribution in [0.3, 0.4) is 0 Å². The van der Waals surface area contributed by atoms with E-state index in [0.29, 0.717) is 13.1 Å². The lowest BCUT2D eigenvalue weighted by Gasteiger charge is -2.26. The summed E-state index contributed by atoms with van der Waals surface area (Å²) in [5.41, 5.74) is 0. The number of hydrogen-bond donors (Lipinski definition) is 1. The number of rotatable bonds is 3. The minimum Gasteiger partial charge on any atom is -0.230 e. The van der Waals surface area contributed by atoms with Crippen molar-refractivity contribution >= 4 is 10.0 Å². The molecule has 6 heteroatoms. The van der Waals surface area contributed by atoms with Gasteiger partial charge in [-0.05, 0) is 25.0 Å². The van der Waals surface area contributed by atoms with Gasteiger partial charge in [0.05, 0.1) is 0 Å². The Kier molecular flexibility index (Phi) is 3.76. The summed E-state index contributed by atoms with van der Waals surface area (Å²) in [5.74, 6) is -0.725. The van der Waals surface area contributed by atoms with Gasteiger partial charge in [0.15, 0.2) is 0 Å². The van der Waals surface area contributed by atoms with Crippen molar-refractivity contribution in [3.8, 4) is 0 Å². The molecule has 1 fully saturated rings. The summed E-state index contributed by atoms with van der Waals surface area (Å²) < 4.78 is 37.3. The van der Waals surface area contributed by atoms with Crippen molar-refractivity contribution in [1.82, 2.24) is 9.84 Å². The fourth-order valence-corrected chi connectivity index (χ4v) is 3.07. The van der Waals surface area contributed by atoms with Crippen LogP contribution in [0.4, 0.5) is 4.39 Å². The number of hydrazine groups is 1. The Labute approximate surface area is 100 Å². The van der Waals surface area contributed by atoms with Crippen molar-refractivity contribution in [3.63, 3.8) is 0 Å². The van der Waals surface area contributed by atoms with Crippen molar-refractivity contribution < 1.29 is 12.8 Å². The van der Waals surface area contributed by atoms with Gasteiger partial charge in [-0.25, -0.2) is 17.8 Å². The summed E-state index contributed by atoms with van der Waals surface area (Å²) in [6.07, 6.45) is 3.03. The van der Waals surface area contributed by atoms with Crippen LogP contribution < -0.4 is 4.83 Å². The number of sulfonamides is 1. The molecule has 0 bridgehead atoms. The van der Waals surface area contributed by atoms with Crippen molar-refractivity contribution in [2.45, 2.75) is 24.2 Å². The Hall–Kier alpha value is -0.980. The van der Waals surface area contributed by atoms with Crippen LogP contribution in [0.2, 0.25) is 0 Å². The largest absolute Gasteiger partial charge is 0.256 e. The van der Waals surface area contributed by atoms with Crippen LogP contribution in [-0.2, 0) is 10.0 Å². The van der Waals surface area contributed by atoms with E-state index in [1.807, 2.05) is 0 Å². The first-order valence-electron chi connectivity index (χ1n) is 5.61. The zero-order valence-electron chi connectivity index (χ0n) is 9.39. The third-order valence-electron chi connectivity index (χ3n) is 2.73. The lowest BCUT2D eigenvalue weighted by Crippen LogP contribution is -2.45. The van der Waals surface area contributed by atoms with E-state index in [2.05, 4.69) is 4.83 Å². The van der Waals surface area contributed by atoms with Gasteiger partial charge in [0.25, 0.3) is 10.0 Å². The lowest BCUT2D eigenvalue weighted by atomic mass is 10.2. The van der Waals surface area contributed by atoms with E-state index >= 15 is 0 Å². The molecule has 1 N–H and O–H groups in total. The number of hydrogen-bond acceptors (Lipinski definition) is 3. The first-order chi connectivity index (χ1) is 8.09. The molecule has 1 saturated heterocycles. The van der Waals surface area contributed by atoms with Gasteiger partial charge in [-0.15, -0.1) is 4.83 Å². The molecule has 0 amide bonds. The minimum absolute atomic E-state index is 0.300. The normalized spacial score (nSPS) is 18.2. The molecule has 0 aromatic heterocycles. The molecule has 1 aliphatic rings. The maximum absolute atomic E-state index is 13.4. The molecular formula is C11H15FN2O2S. The molecule has 17 heavy (non-hydrogen) atoms. The van der Waals surface area contributed by atoms with Crippen molar-refractivity contribution in [2.24, 2.45) is 0 Å². The summed E-state index contributed by atoms with van der Waals surface area (Å²) in [5, 5.41) is 1.63. The molecule has 2 rings (SSSR count). The van der Waals surface area contributed by atoms with Crippen molar-refractivity contribution in [1.29, 1.82) is 0 Å². The van der Waals surface area contributed by atoms with E-state index < -0.39 is 15.8 Å². The summed E-state index contributed by atoms with van der Waals surface area (Å²) in [7, 11) is -3.79. The maximum atomic E-state index is 13.4. The Morgan fingerprint density at radius 2 is 1.76 bits per heavy atom. The molecule has 1 heterocycles. The number of nitrogens with one attached hydrogen (secondary N) is 1. The molecule has 0 aliphatic carbocycles. The topological polar surface area (TPSA) is 49.4 Å². The second-order valence-electron chi connectivity index (χ2n) is 4.07.